The smallest absolute Gasteiger partial charge is 0.338 e. The van der Waals surface area contributed by atoms with Gasteiger partial charge in [0.25, 0.3) is 0 Å². The summed E-state index contributed by atoms with van der Waals surface area (Å²) in [7, 11) is -1.77. The lowest BCUT2D eigenvalue weighted by Crippen LogP contribution is -2.40. The molecule has 0 fully saturated rings. The third kappa shape index (κ3) is 5.26. The van der Waals surface area contributed by atoms with Crippen LogP contribution in [0.4, 0.5) is 0 Å². The average molecular weight is 310 g/mol. The lowest BCUT2D eigenvalue weighted by molar-refractivity contribution is -0.138. The Morgan fingerprint density at radius 2 is 2.10 bits per heavy atom. The molecule has 1 aliphatic heterocycles. The van der Waals surface area contributed by atoms with Crippen LogP contribution in [0.1, 0.15) is 20.8 Å². The maximum Gasteiger partial charge on any atom is 0.338 e. The van der Waals surface area contributed by atoms with Crippen LogP contribution >= 0.6 is 0 Å². The zero-order valence-electron chi connectivity index (χ0n) is 13.6. The van der Waals surface area contributed by atoms with Crippen LogP contribution in [0.25, 0.3) is 0 Å². The quantitative estimate of drug-likeness (QED) is 0.626. The molecule has 118 valence electrons. The Morgan fingerprint density at radius 3 is 2.67 bits per heavy atom. The van der Waals surface area contributed by atoms with E-state index in [9.17, 15) is 4.79 Å². The second kappa shape index (κ2) is 7.20. The summed E-state index contributed by atoms with van der Waals surface area (Å²) in [6.07, 6.45) is 6.94. The Labute approximate surface area is 128 Å². The number of carbonyl (C=O) groups is 1. The van der Waals surface area contributed by atoms with Crippen molar-refractivity contribution in [3.8, 4) is 0 Å². The molecule has 0 amide bonds. The van der Waals surface area contributed by atoms with Crippen LogP contribution in [0, 0.1) is 0 Å². The highest BCUT2D eigenvalue weighted by Gasteiger charge is 2.36. The number of carbonyl (C=O) groups excluding carboxylic acids is 1. The van der Waals surface area contributed by atoms with Gasteiger partial charge >= 0.3 is 5.97 Å². The molecule has 0 atom stereocenters. The molecule has 0 aromatic rings. The minimum absolute atomic E-state index is 0.0607. The highest BCUT2D eigenvalue weighted by atomic mass is 28.4. The van der Waals surface area contributed by atoms with Crippen LogP contribution in [0.5, 0.6) is 0 Å². The highest BCUT2D eigenvalue weighted by molar-refractivity contribution is 6.74. The average Bonchev–Trinajstić information content (AvgIpc) is 2.37. The second-order valence-corrected chi connectivity index (χ2v) is 11.4. The van der Waals surface area contributed by atoms with Gasteiger partial charge in [-0.3, -0.25) is 0 Å². The molecule has 0 unspecified atom stereocenters. The van der Waals surface area contributed by atoms with Crippen molar-refractivity contribution in [3.05, 3.63) is 35.5 Å². The molecule has 21 heavy (non-hydrogen) atoms. The molecule has 0 radical (unpaired) electrons. The first kappa shape index (κ1) is 17.9. The second-order valence-electron chi connectivity index (χ2n) is 6.61. The lowest BCUT2D eigenvalue weighted by Gasteiger charge is -2.35. The Hall–Kier alpha value is -1.17. The molecule has 1 rings (SSSR count). The van der Waals surface area contributed by atoms with Crippen LogP contribution in [-0.2, 0) is 14.0 Å². The maximum atomic E-state index is 11.6. The van der Waals surface area contributed by atoms with E-state index >= 15 is 0 Å². The number of cyclic esters (lactones) is 1. The summed E-state index contributed by atoms with van der Waals surface area (Å²) in [5, 5.41) is 9.04. The standard InChI is InChI=1S/C16H26O4Si/c1-16(2,3)21(4,5)20-10-6-7-14-11-13(8-9-17)12-19-15(14)18/h6-8,11,17H,9-10,12H2,1-5H3/b7-6+,13-8-. The van der Waals surface area contributed by atoms with Gasteiger partial charge in [0.1, 0.15) is 6.61 Å². The van der Waals surface area contributed by atoms with Crippen LogP contribution in [0.3, 0.4) is 0 Å². The summed E-state index contributed by atoms with van der Waals surface area (Å²) >= 11 is 0. The van der Waals surface area contributed by atoms with Gasteiger partial charge in [-0.25, -0.2) is 4.79 Å². The van der Waals surface area contributed by atoms with E-state index in [1.54, 1.807) is 18.2 Å². The van der Waals surface area contributed by atoms with Gasteiger partial charge in [-0.1, -0.05) is 32.9 Å². The first-order chi connectivity index (χ1) is 9.67. The first-order valence-corrected chi connectivity index (χ1v) is 10.1. The topological polar surface area (TPSA) is 55.8 Å². The molecule has 0 saturated heterocycles. The molecule has 0 aliphatic carbocycles. The molecular formula is C16H26O4Si. The Kier molecular flexibility index (Phi) is 6.13. The van der Waals surface area contributed by atoms with Crippen molar-refractivity contribution in [2.75, 3.05) is 19.8 Å². The number of rotatable bonds is 5. The van der Waals surface area contributed by atoms with E-state index in [4.69, 9.17) is 14.3 Å². The van der Waals surface area contributed by atoms with Crippen molar-refractivity contribution < 1.29 is 19.1 Å². The Balaban J connectivity index is 2.64. The fourth-order valence-corrected chi connectivity index (χ4v) is 2.48. The molecule has 1 aliphatic rings. The van der Waals surface area contributed by atoms with Gasteiger partial charge < -0.3 is 14.3 Å². The highest BCUT2D eigenvalue weighted by Crippen LogP contribution is 2.36. The minimum Gasteiger partial charge on any atom is -0.457 e. The van der Waals surface area contributed by atoms with Gasteiger partial charge in [0, 0.05) is 0 Å². The van der Waals surface area contributed by atoms with E-state index < -0.39 is 8.32 Å². The van der Waals surface area contributed by atoms with Crippen molar-refractivity contribution in [1.82, 2.24) is 0 Å². The van der Waals surface area contributed by atoms with Crippen molar-refractivity contribution in [1.29, 1.82) is 0 Å². The number of hydrogen-bond donors (Lipinski definition) is 1. The van der Waals surface area contributed by atoms with Gasteiger partial charge in [-0.05, 0) is 35.9 Å². The zero-order valence-corrected chi connectivity index (χ0v) is 14.6. The minimum atomic E-state index is -1.77. The molecule has 1 N–H and O–H groups in total. The van der Waals surface area contributed by atoms with Crippen molar-refractivity contribution in [2.24, 2.45) is 0 Å². The van der Waals surface area contributed by atoms with Crippen molar-refractivity contribution >= 4 is 14.3 Å². The summed E-state index contributed by atoms with van der Waals surface area (Å²) in [6.45, 7) is 11.6. The number of esters is 1. The number of hydrogen-bond acceptors (Lipinski definition) is 4. The molecule has 0 spiro atoms. The molecule has 0 aromatic heterocycles. The van der Waals surface area contributed by atoms with E-state index in [0.717, 1.165) is 5.57 Å². The van der Waals surface area contributed by atoms with Gasteiger partial charge in [0.15, 0.2) is 8.32 Å². The van der Waals surface area contributed by atoms with Crippen molar-refractivity contribution in [2.45, 2.75) is 38.9 Å². The molecule has 5 heteroatoms. The van der Waals surface area contributed by atoms with Gasteiger partial charge in [-0.2, -0.15) is 0 Å². The third-order valence-electron chi connectivity index (χ3n) is 3.94. The van der Waals surface area contributed by atoms with Crippen LogP contribution in [0.15, 0.2) is 35.5 Å². The number of aliphatic hydroxyl groups is 1. The SMILES string of the molecule is CC(C)(C)[Si](C)(C)OC/C=C/C1=CC(=C/CO)/COC1=O. The fourth-order valence-electron chi connectivity index (χ4n) is 1.53. The maximum absolute atomic E-state index is 11.6. The monoisotopic (exact) mass is 310 g/mol. The predicted molar refractivity (Wildman–Crippen MR) is 86.5 cm³/mol. The van der Waals surface area contributed by atoms with E-state index in [0.29, 0.717) is 12.2 Å². The lowest BCUT2D eigenvalue weighted by atomic mass is 10.1. The summed E-state index contributed by atoms with van der Waals surface area (Å²) in [5.74, 6) is -0.339. The van der Waals surface area contributed by atoms with Crippen LogP contribution in [-0.4, -0.2) is 39.2 Å². The fraction of sp³-hybridized carbons (Fsp3) is 0.562. The molecule has 1 heterocycles. The summed E-state index contributed by atoms with van der Waals surface area (Å²) in [5.41, 5.74) is 1.29. The number of ether oxygens (including phenoxy) is 1. The summed E-state index contributed by atoms with van der Waals surface area (Å²) in [4.78, 5) is 11.6. The van der Waals surface area contributed by atoms with E-state index in [2.05, 4.69) is 33.9 Å². The van der Waals surface area contributed by atoms with Crippen LogP contribution in [0.2, 0.25) is 18.1 Å². The van der Waals surface area contributed by atoms with E-state index in [1.165, 1.54) is 0 Å². The Morgan fingerprint density at radius 1 is 1.43 bits per heavy atom. The largest absolute Gasteiger partial charge is 0.457 e. The van der Waals surface area contributed by atoms with Crippen molar-refractivity contribution in [3.63, 3.8) is 0 Å². The Bertz CT molecular complexity index is 467. The molecule has 0 saturated carbocycles. The first-order valence-electron chi connectivity index (χ1n) is 7.16. The molecule has 4 nitrogen and oxygen atoms in total. The summed E-state index contributed by atoms with van der Waals surface area (Å²) in [6, 6.07) is 0. The van der Waals surface area contributed by atoms with Gasteiger partial charge in [0.05, 0.1) is 18.8 Å². The molecular weight excluding hydrogens is 284 g/mol. The normalized spacial score (nSPS) is 19.0. The zero-order chi connectivity index (χ0) is 16.1. The third-order valence-corrected chi connectivity index (χ3v) is 8.44. The van der Waals surface area contributed by atoms with Crippen LogP contribution < -0.4 is 0 Å². The molecule has 0 bridgehead atoms. The van der Waals surface area contributed by atoms with E-state index in [1.807, 2.05) is 6.08 Å². The van der Waals surface area contributed by atoms with E-state index in [-0.39, 0.29) is 24.2 Å². The molecule has 0 aromatic carbocycles. The summed E-state index contributed by atoms with van der Waals surface area (Å²) < 4.78 is 11.1. The van der Waals surface area contributed by atoms with Gasteiger partial charge in [0.2, 0.25) is 0 Å². The number of aliphatic hydroxyl groups excluding tert-OH is 1. The predicted octanol–water partition coefficient (Wildman–Crippen LogP) is 2.97. The van der Waals surface area contributed by atoms with Gasteiger partial charge in [-0.15, -0.1) is 0 Å².